The number of ether oxygens (including phenoxy) is 1. The van der Waals surface area contributed by atoms with Gasteiger partial charge in [-0.25, -0.2) is 0 Å². The van der Waals surface area contributed by atoms with Crippen molar-refractivity contribution in [3.63, 3.8) is 0 Å². The van der Waals surface area contributed by atoms with Crippen LogP contribution < -0.4 is 0 Å². The predicted molar refractivity (Wildman–Crippen MR) is 94.8 cm³/mol. The Morgan fingerprint density at radius 2 is 1.60 bits per heavy atom. The molecule has 25 heavy (non-hydrogen) atoms. The number of hydrogen-bond donors (Lipinski definition) is 0. The Balaban J connectivity index is 2.78. The molecule has 1 saturated heterocycles. The molecule has 0 amide bonds. The highest BCUT2D eigenvalue weighted by Gasteiger charge is 2.47. The van der Waals surface area contributed by atoms with Crippen LogP contribution in [0.15, 0.2) is 36.5 Å². The minimum absolute atomic E-state index is 0.0700. The van der Waals surface area contributed by atoms with E-state index in [1.807, 2.05) is 34.6 Å². The highest BCUT2D eigenvalue weighted by molar-refractivity contribution is 9.09. The van der Waals surface area contributed by atoms with Crippen molar-refractivity contribution in [2.24, 2.45) is 5.92 Å². The fourth-order valence-electron chi connectivity index (χ4n) is 1.96. The van der Waals surface area contributed by atoms with E-state index in [0.29, 0.717) is 0 Å². The van der Waals surface area contributed by atoms with Crippen LogP contribution in [0.3, 0.4) is 0 Å². The monoisotopic (exact) mass is 422 g/mol. The van der Waals surface area contributed by atoms with Crippen LogP contribution in [0.25, 0.3) is 0 Å². The summed E-state index contributed by atoms with van der Waals surface area (Å²) in [4.78, 5) is 31.3. The highest BCUT2D eigenvalue weighted by Crippen LogP contribution is 2.33. The Kier molecular flexibility index (Phi) is 10.8. The average Bonchev–Trinajstić information content (AvgIpc) is 2.57. The minimum atomic E-state index is -0.597. The molecule has 0 aromatic rings. The molecule has 7 nitrogen and oxygen atoms in total. The van der Waals surface area contributed by atoms with Crippen molar-refractivity contribution in [1.29, 1.82) is 0 Å². The molecule has 0 saturated carbocycles. The van der Waals surface area contributed by atoms with Gasteiger partial charge in [0.05, 0.1) is 0 Å². The molecule has 5 atom stereocenters. The first-order chi connectivity index (χ1) is 12.0. The molecule has 1 rings (SSSR count). The zero-order valence-electron chi connectivity index (χ0n) is 15.2. The van der Waals surface area contributed by atoms with Gasteiger partial charge in [-0.3, -0.25) is 0 Å². The molecule has 144 valence electrons. The normalized spacial score (nSPS) is 29.8. The molecule has 0 spiro atoms. The maximum absolute atomic E-state index is 5.89. The first kappa shape index (κ1) is 22.0. The Bertz CT molecular complexity index is 448. The molecule has 0 aromatic heterocycles. The van der Waals surface area contributed by atoms with Crippen LogP contribution in [0.1, 0.15) is 34.6 Å². The molecule has 1 fully saturated rings. The molecule has 0 unspecified atom stereocenters. The Morgan fingerprint density at radius 3 is 2.16 bits per heavy atom. The fourth-order valence-corrected chi connectivity index (χ4v) is 2.54. The van der Waals surface area contributed by atoms with Crippen molar-refractivity contribution < 1.29 is 34.1 Å². The lowest BCUT2D eigenvalue weighted by molar-refractivity contribution is -0.402. The summed E-state index contributed by atoms with van der Waals surface area (Å²) in [7, 11) is 0. The summed E-state index contributed by atoms with van der Waals surface area (Å²) in [5.74, 6) is -0.0700. The Hall–Kier alpha value is -1.06. The molecule has 0 N–H and O–H groups in total. The van der Waals surface area contributed by atoms with E-state index in [1.54, 1.807) is 12.2 Å². The third-order valence-electron chi connectivity index (χ3n) is 3.23. The van der Waals surface area contributed by atoms with Gasteiger partial charge < -0.3 is 19.4 Å². The molecule has 1 heterocycles. The lowest BCUT2D eigenvalue weighted by Crippen LogP contribution is -2.55. The maximum Gasteiger partial charge on any atom is 0.164 e. The zero-order chi connectivity index (χ0) is 18.7. The molecule has 0 aromatic carbocycles. The van der Waals surface area contributed by atoms with E-state index in [-0.39, 0.29) is 17.5 Å². The first-order valence-electron chi connectivity index (χ1n) is 8.09. The second-order valence-electron chi connectivity index (χ2n) is 5.71. The Morgan fingerprint density at radius 1 is 1.00 bits per heavy atom. The van der Waals surface area contributed by atoms with Gasteiger partial charge in [-0.1, -0.05) is 22.9 Å². The number of rotatable bonds is 10. The van der Waals surface area contributed by atoms with Crippen LogP contribution in [-0.2, 0) is 34.1 Å². The molecule has 1 aliphatic rings. The standard InChI is InChI=1S/C17H27BrO7/c1-6-8-19-24-15-13(5)17(18)23-14(11-22-21-10-12(3)4)16(15)25-20-9-7-2/h6-10,13-17H,11H2,1-5H3/b8-6+,9-7+/t13-,14-,15-,16-,17+/m1/s1. The van der Waals surface area contributed by atoms with Gasteiger partial charge in [0, 0.05) is 5.92 Å². The summed E-state index contributed by atoms with van der Waals surface area (Å²) < 4.78 is 5.89. The van der Waals surface area contributed by atoms with Crippen LogP contribution in [-0.4, -0.2) is 29.9 Å². The third kappa shape index (κ3) is 7.79. The van der Waals surface area contributed by atoms with Gasteiger partial charge in [-0.15, -0.1) is 0 Å². The molecule has 8 heteroatoms. The molecule has 0 aliphatic carbocycles. The molecule has 0 bridgehead atoms. The Labute approximate surface area is 157 Å². The van der Waals surface area contributed by atoms with Crippen LogP contribution >= 0.6 is 15.9 Å². The first-order valence-corrected chi connectivity index (χ1v) is 9.00. The number of halogens is 1. The second kappa shape index (κ2) is 12.3. The van der Waals surface area contributed by atoms with Crippen molar-refractivity contribution in [2.75, 3.05) is 6.61 Å². The fraction of sp³-hybridized carbons (Fsp3) is 0.647. The maximum atomic E-state index is 5.89. The van der Waals surface area contributed by atoms with Gasteiger partial charge >= 0.3 is 0 Å². The largest absolute Gasteiger partial charge is 0.358 e. The lowest BCUT2D eigenvalue weighted by Gasteiger charge is -2.40. The van der Waals surface area contributed by atoms with E-state index >= 15 is 0 Å². The van der Waals surface area contributed by atoms with Gasteiger partial charge in [0.1, 0.15) is 42.6 Å². The van der Waals surface area contributed by atoms with Crippen LogP contribution in [0.2, 0.25) is 0 Å². The van der Waals surface area contributed by atoms with Crippen LogP contribution in [0.5, 0.6) is 0 Å². The molecular weight excluding hydrogens is 396 g/mol. The van der Waals surface area contributed by atoms with E-state index < -0.39 is 18.3 Å². The number of alkyl halides is 1. The lowest BCUT2D eigenvalue weighted by atomic mass is 9.94. The average molecular weight is 423 g/mol. The van der Waals surface area contributed by atoms with Crippen LogP contribution in [0.4, 0.5) is 0 Å². The van der Waals surface area contributed by atoms with E-state index in [4.69, 9.17) is 34.1 Å². The summed E-state index contributed by atoms with van der Waals surface area (Å²) in [5.41, 5.74) is 0.974. The summed E-state index contributed by atoms with van der Waals surface area (Å²) in [6.07, 6.45) is 6.23. The van der Waals surface area contributed by atoms with E-state index in [1.165, 1.54) is 18.8 Å². The number of hydrogen-bond acceptors (Lipinski definition) is 7. The second-order valence-corrected chi connectivity index (χ2v) is 6.62. The zero-order valence-corrected chi connectivity index (χ0v) is 16.8. The van der Waals surface area contributed by atoms with Crippen molar-refractivity contribution in [3.8, 4) is 0 Å². The van der Waals surface area contributed by atoms with Gasteiger partial charge in [-0.2, -0.15) is 14.7 Å². The van der Waals surface area contributed by atoms with Crippen LogP contribution in [0, 0.1) is 5.92 Å². The van der Waals surface area contributed by atoms with Gasteiger partial charge in [0.15, 0.2) is 6.10 Å². The van der Waals surface area contributed by atoms with Crippen molar-refractivity contribution in [3.05, 3.63) is 36.5 Å². The highest BCUT2D eigenvalue weighted by atomic mass is 79.9. The van der Waals surface area contributed by atoms with Crippen molar-refractivity contribution in [2.45, 2.75) is 57.9 Å². The molecular formula is C17H27BrO7. The number of allylic oxidation sites excluding steroid dienone is 3. The van der Waals surface area contributed by atoms with Gasteiger partial charge in [0.2, 0.25) is 0 Å². The minimum Gasteiger partial charge on any atom is -0.358 e. The summed E-state index contributed by atoms with van der Waals surface area (Å²) in [5, 5.41) is -0.273. The van der Waals surface area contributed by atoms with Gasteiger partial charge in [-0.05, 0) is 45.4 Å². The van der Waals surface area contributed by atoms with E-state index in [9.17, 15) is 0 Å². The van der Waals surface area contributed by atoms with E-state index in [2.05, 4.69) is 15.9 Å². The summed E-state index contributed by atoms with van der Waals surface area (Å²) >= 11 is 3.49. The summed E-state index contributed by atoms with van der Waals surface area (Å²) in [6, 6.07) is 0. The predicted octanol–water partition coefficient (Wildman–Crippen LogP) is 4.32. The SMILES string of the molecule is C/C=C/OO[C@@H]1[C@@H](C)[C@@H](Br)O[C@H](COOC=C(C)C)[C@H]1OO/C=C/C. The molecule has 1 aliphatic heterocycles. The smallest absolute Gasteiger partial charge is 0.164 e. The topological polar surface area (TPSA) is 64.6 Å². The van der Waals surface area contributed by atoms with Gasteiger partial charge in [0.25, 0.3) is 0 Å². The van der Waals surface area contributed by atoms with Crippen molar-refractivity contribution in [1.82, 2.24) is 0 Å². The quantitative estimate of drug-likeness (QED) is 0.171. The summed E-state index contributed by atoms with van der Waals surface area (Å²) in [6.45, 7) is 9.50. The molecule has 0 radical (unpaired) electrons. The third-order valence-corrected chi connectivity index (χ3v) is 4.28. The van der Waals surface area contributed by atoms with Crippen molar-refractivity contribution >= 4 is 15.9 Å². The van der Waals surface area contributed by atoms with E-state index in [0.717, 1.165) is 5.57 Å².